The first-order chi connectivity index (χ1) is 7.98. The third kappa shape index (κ3) is 3.30. The standard InChI is InChI=1S/C13H22BrNO2/c1-4-13(5-2,8-14)9-15-11(16)6-10(3)7-12(15)17/h10H,4-9H2,1-3H3. The summed E-state index contributed by atoms with van der Waals surface area (Å²) < 4.78 is 0. The average molecular weight is 304 g/mol. The zero-order chi connectivity index (χ0) is 13.1. The van der Waals surface area contributed by atoms with Gasteiger partial charge in [0.15, 0.2) is 0 Å². The van der Waals surface area contributed by atoms with Gasteiger partial charge in [0.1, 0.15) is 0 Å². The van der Waals surface area contributed by atoms with Gasteiger partial charge in [0.25, 0.3) is 0 Å². The fraction of sp³-hybridized carbons (Fsp3) is 0.846. The van der Waals surface area contributed by atoms with Crippen molar-refractivity contribution in [2.75, 3.05) is 11.9 Å². The van der Waals surface area contributed by atoms with E-state index in [1.54, 1.807) is 0 Å². The lowest BCUT2D eigenvalue weighted by Crippen LogP contribution is -2.48. The van der Waals surface area contributed by atoms with Crippen LogP contribution in [0.2, 0.25) is 0 Å². The Hall–Kier alpha value is -0.380. The molecule has 0 bridgehead atoms. The average Bonchev–Trinajstić information content (AvgIpc) is 2.29. The molecule has 0 aromatic heterocycles. The summed E-state index contributed by atoms with van der Waals surface area (Å²) in [6.07, 6.45) is 2.97. The molecular formula is C13H22BrNO2. The van der Waals surface area contributed by atoms with Crippen LogP contribution in [0.1, 0.15) is 46.5 Å². The summed E-state index contributed by atoms with van der Waals surface area (Å²) in [6, 6.07) is 0. The molecule has 98 valence electrons. The molecule has 0 atom stereocenters. The van der Waals surface area contributed by atoms with Crippen LogP contribution in [0.3, 0.4) is 0 Å². The molecule has 1 saturated heterocycles. The van der Waals surface area contributed by atoms with Crippen LogP contribution in [0, 0.1) is 11.3 Å². The molecule has 0 unspecified atom stereocenters. The Morgan fingerprint density at radius 3 is 2.06 bits per heavy atom. The Morgan fingerprint density at radius 1 is 1.24 bits per heavy atom. The van der Waals surface area contributed by atoms with E-state index in [1.807, 2.05) is 6.92 Å². The van der Waals surface area contributed by atoms with Crippen molar-refractivity contribution in [2.45, 2.75) is 46.5 Å². The smallest absolute Gasteiger partial charge is 0.229 e. The molecule has 0 saturated carbocycles. The SMILES string of the molecule is CCC(CC)(CBr)CN1C(=O)CC(C)CC1=O. The number of carbonyl (C=O) groups excluding carboxylic acids is 2. The van der Waals surface area contributed by atoms with Crippen molar-refractivity contribution in [2.24, 2.45) is 11.3 Å². The molecule has 0 radical (unpaired) electrons. The molecule has 1 heterocycles. The summed E-state index contributed by atoms with van der Waals surface area (Å²) in [5.41, 5.74) is 0.0336. The van der Waals surface area contributed by atoms with Crippen LogP contribution < -0.4 is 0 Å². The highest BCUT2D eigenvalue weighted by Crippen LogP contribution is 2.32. The highest BCUT2D eigenvalue weighted by Gasteiger charge is 2.36. The maximum absolute atomic E-state index is 11.9. The number of hydrogen-bond acceptors (Lipinski definition) is 2. The zero-order valence-electron chi connectivity index (χ0n) is 11.0. The van der Waals surface area contributed by atoms with Crippen LogP contribution in [0.4, 0.5) is 0 Å². The van der Waals surface area contributed by atoms with Crippen molar-refractivity contribution in [3.8, 4) is 0 Å². The van der Waals surface area contributed by atoms with Gasteiger partial charge >= 0.3 is 0 Å². The molecular weight excluding hydrogens is 282 g/mol. The molecule has 4 heteroatoms. The van der Waals surface area contributed by atoms with Crippen LogP contribution in [-0.4, -0.2) is 28.6 Å². The van der Waals surface area contributed by atoms with Gasteiger partial charge in [-0.1, -0.05) is 36.7 Å². The molecule has 0 aromatic rings. The first kappa shape index (κ1) is 14.7. The van der Waals surface area contributed by atoms with Gasteiger partial charge in [-0.15, -0.1) is 0 Å². The second-order valence-corrected chi connectivity index (χ2v) is 5.79. The number of likely N-dealkylation sites (tertiary alicyclic amines) is 1. The third-order valence-electron chi connectivity index (χ3n) is 3.93. The van der Waals surface area contributed by atoms with Crippen molar-refractivity contribution in [1.82, 2.24) is 4.90 Å². The highest BCUT2D eigenvalue weighted by molar-refractivity contribution is 9.09. The Kier molecular flexibility index (Phi) is 5.17. The number of amides is 2. The minimum absolute atomic E-state index is 0.000903. The second kappa shape index (κ2) is 5.98. The van der Waals surface area contributed by atoms with E-state index in [-0.39, 0.29) is 23.1 Å². The maximum atomic E-state index is 11.9. The molecule has 0 spiro atoms. The monoisotopic (exact) mass is 303 g/mol. The van der Waals surface area contributed by atoms with Crippen molar-refractivity contribution in [3.63, 3.8) is 0 Å². The van der Waals surface area contributed by atoms with Crippen molar-refractivity contribution >= 4 is 27.7 Å². The second-order valence-electron chi connectivity index (χ2n) is 5.23. The first-order valence-electron chi connectivity index (χ1n) is 6.37. The molecule has 2 amide bonds. The molecule has 1 fully saturated rings. The largest absolute Gasteiger partial charge is 0.282 e. The summed E-state index contributed by atoms with van der Waals surface area (Å²) in [7, 11) is 0. The summed E-state index contributed by atoms with van der Waals surface area (Å²) in [4.78, 5) is 25.3. The van der Waals surface area contributed by atoms with E-state index >= 15 is 0 Å². The highest BCUT2D eigenvalue weighted by atomic mass is 79.9. The zero-order valence-corrected chi connectivity index (χ0v) is 12.5. The molecule has 17 heavy (non-hydrogen) atoms. The van der Waals surface area contributed by atoms with Crippen LogP contribution in [0.5, 0.6) is 0 Å². The summed E-state index contributed by atoms with van der Waals surface area (Å²) >= 11 is 3.52. The van der Waals surface area contributed by atoms with Crippen LogP contribution in [0.25, 0.3) is 0 Å². The number of imide groups is 1. The van der Waals surface area contributed by atoms with Crippen molar-refractivity contribution < 1.29 is 9.59 Å². The topological polar surface area (TPSA) is 37.4 Å². The van der Waals surface area contributed by atoms with E-state index in [2.05, 4.69) is 29.8 Å². The maximum Gasteiger partial charge on any atom is 0.229 e. The molecule has 0 N–H and O–H groups in total. The third-order valence-corrected chi connectivity index (χ3v) is 5.11. The lowest BCUT2D eigenvalue weighted by molar-refractivity contribution is -0.151. The lowest BCUT2D eigenvalue weighted by atomic mass is 9.83. The molecule has 0 aromatic carbocycles. The van der Waals surface area contributed by atoms with E-state index in [1.165, 1.54) is 4.90 Å². The molecule has 1 aliphatic rings. The van der Waals surface area contributed by atoms with Gasteiger partial charge in [-0.2, -0.15) is 0 Å². The number of alkyl halides is 1. The van der Waals surface area contributed by atoms with Gasteiger partial charge in [0.2, 0.25) is 11.8 Å². The summed E-state index contributed by atoms with van der Waals surface area (Å²) in [5, 5.41) is 0.833. The van der Waals surface area contributed by atoms with Crippen LogP contribution in [-0.2, 0) is 9.59 Å². The number of piperidine rings is 1. The normalized spacial score (nSPS) is 18.9. The van der Waals surface area contributed by atoms with Gasteiger partial charge in [0.05, 0.1) is 0 Å². The predicted molar refractivity (Wildman–Crippen MR) is 71.9 cm³/mol. The number of halogens is 1. The number of rotatable bonds is 5. The van der Waals surface area contributed by atoms with Crippen molar-refractivity contribution in [3.05, 3.63) is 0 Å². The fourth-order valence-electron chi connectivity index (χ4n) is 2.24. The van der Waals surface area contributed by atoms with E-state index in [4.69, 9.17) is 0 Å². The van der Waals surface area contributed by atoms with Gasteiger partial charge in [0, 0.05) is 24.7 Å². The Labute approximate surface area is 112 Å². The van der Waals surface area contributed by atoms with E-state index in [9.17, 15) is 9.59 Å². The number of hydrogen-bond donors (Lipinski definition) is 0. The molecule has 0 aliphatic carbocycles. The van der Waals surface area contributed by atoms with Crippen LogP contribution in [0.15, 0.2) is 0 Å². The van der Waals surface area contributed by atoms with E-state index in [0.29, 0.717) is 19.4 Å². The van der Waals surface area contributed by atoms with Gasteiger partial charge in [-0.3, -0.25) is 14.5 Å². The Bertz CT molecular complexity index is 274. The number of nitrogens with zero attached hydrogens (tertiary/aromatic N) is 1. The van der Waals surface area contributed by atoms with E-state index in [0.717, 1.165) is 18.2 Å². The predicted octanol–water partition coefficient (Wildman–Crippen LogP) is 2.97. The molecule has 1 aliphatic heterocycles. The molecule has 3 nitrogen and oxygen atoms in total. The van der Waals surface area contributed by atoms with E-state index < -0.39 is 0 Å². The Morgan fingerprint density at radius 2 is 1.71 bits per heavy atom. The van der Waals surface area contributed by atoms with Gasteiger partial charge in [-0.05, 0) is 24.2 Å². The van der Waals surface area contributed by atoms with Crippen molar-refractivity contribution in [1.29, 1.82) is 0 Å². The lowest BCUT2D eigenvalue weighted by Gasteiger charge is -2.37. The minimum atomic E-state index is 0.000903. The van der Waals surface area contributed by atoms with Gasteiger partial charge in [-0.25, -0.2) is 0 Å². The van der Waals surface area contributed by atoms with Gasteiger partial charge < -0.3 is 0 Å². The molecule has 1 rings (SSSR count). The van der Waals surface area contributed by atoms with Crippen LogP contribution >= 0.6 is 15.9 Å². The fourth-order valence-corrected chi connectivity index (χ4v) is 3.21. The number of carbonyl (C=O) groups is 2. The summed E-state index contributed by atoms with van der Waals surface area (Å²) in [5.74, 6) is 0.204. The quantitative estimate of drug-likeness (QED) is 0.578. The minimum Gasteiger partial charge on any atom is -0.282 e. The Balaban J connectivity index is 2.78. The summed E-state index contributed by atoms with van der Waals surface area (Å²) in [6.45, 7) is 6.76. The first-order valence-corrected chi connectivity index (χ1v) is 7.49.